The number of carbonyl (C=O) groups is 1. The molecule has 24 heavy (non-hydrogen) atoms. The van der Waals surface area contributed by atoms with Gasteiger partial charge in [0.05, 0.1) is 6.04 Å². The van der Waals surface area contributed by atoms with Crippen LogP contribution in [0.5, 0.6) is 5.75 Å². The predicted octanol–water partition coefficient (Wildman–Crippen LogP) is 4.91. The van der Waals surface area contributed by atoms with E-state index in [-0.39, 0.29) is 11.9 Å². The molecule has 2 atom stereocenters. The minimum Gasteiger partial charge on any atom is -0.481 e. The summed E-state index contributed by atoms with van der Waals surface area (Å²) in [5, 5.41) is 3.66. The van der Waals surface area contributed by atoms with Crippen molar-refractivity contribution in [2.24, 2.45) is 0 Å². The number of nitrogens with one attached hydrogen (secondary N) is 1. The third kappa shape index (κ3) is 4.51. The molecule has 0 heterocycles. The van der Waals surface area contributed by atoms with Crippen LogP contribution >= 0.6 is 11.6 Å². The molecular weight excluding hydrogens is 322 g/mol. The second-order valence-corrected chi connectivity index (χ2v) is 6.67. The molecule has 0 fully saturated rings. The number of rotatable bonds is 5. The lowest BCUT2D eigenvalue weighted by molar-refractivity contribution is -0.127. The van der Waals surface area contributed by atoms with Gasteiger partial charge in [-0.05, 0) is 81.1 Å². The zero-order chi connectivity index (χ0) is 17.9. The average molecular weight is 346 g/mol. The van der Waals surface area contributed by atoms with E-state index in [0.717, 1.165) is 5.56 Å². The molecule has 0 aliphatic heterocycles. The standard InChI is InChI=1S/C20H24ClNO2/c1-12-10-14(3)19(11-13(12)2)15(4)22-20(23)16(5)24-18-8-6-17(21)7-9-18/h6-11,15-16H,1-5H3,(H,22,23)/t15-,16-/m1/s1. The monoisotopic (exact) mass is 345 g/mol. The Bertz CT molecular complexity index is 725. The number of amides is 1. The number of aryl methyl sites for hydroxylation is 3. The summed E-state index contributed by atoms with van der Waals surface area (Å²) in [7, 11) is 0. The molecule has 0 saturated carbocycles. The molecule has 1 amide bonds. The van der Waals surface area contributed by atoms with Gasteiger partial charge in [0.15, 0.2) is 6.10 Å². The molecule has 128 valence electrons. The number of benzene rings is 2. The lowest BCUT2D eigenvalue weighted by Crippen LogP contribution is -2.38. The maximum absolute atomic E-state index is 12.4. The maximum Gasteiger partial charge on any atom is 0.261 e. The third-order valence-electron chi connectivity index (χ3n) is 4.20. The largest absolute Gasteiger partial charge is 0.481 e. The molecule has 0 bridgehead atoms. The van der Waals surface area contributed by atoms with Crippen LogP contribution in [0.25, 0.3) is 0 Å². The molecule has 0 spiro atoms. The highest BCUT2D eigenvalue weighted by Gasteiger charge is 2.19. The van der Waals surface area contributed by atoms with Crippen molar-refractivity contribution in [3.63, 3.8) is 0 Å². The topological polar surface area (TPSA) is 38.3 Å². The summed E-state index contributed by atoms with van der Waals surface area (Å²) in [6.45, 7) is 9.97. The van der Waals surface area contributed by atoms with Crippen molar-refractivity contribution in [2.75, 3.05) is 0 Å². The first-order valence-corrected chi connectivity index (χ1v) is 8.46. The van der Waals surface area contributed by atoms with E-state index in [9.17, 15) is 4.79 Å². The maximum atomic E-state index is 12.4. The number of hydrogen-bond acceptors (Lipinski definition) is 2. The number of carbonyl (C=O) groups excluding carboxylic acids is 1. The van der Waals surface area contributed by atoms with Crippen molar-refractivity contribution in [2.45, 2.75) is 46.8 Å². The van der Waals surface area contributed by atoms with Gasteiger partial charge in [-0.1, -0.05) is 23.7 Å². The van der Waals surface area contributed by atoms with Gasteiger partial charge in [0.1, 0.15) is 5.75 Å². The fourth-order valence-corrected chi connectivity index (χ4v) is 2.75. The summed E-state index contributed by atoms with van der Waals surface area (Å²) in [4.78, 5) is 12.4. The Morgan fingerprint density at radius 3 is 2.21 bits per heavy atom. The highest BCUT2D eigenvalue weighted by atomic mass is 35.5. The fourth-order valence-electron chi connectivity index (χ4n) is 2.63. The Morgan fingerprint density at radius 2 is 1.58 bits per heavy atom. The molecule has 3 nitrogen and oxygen atoms in total. The Labute approximate surface area is 149 Å². The zero-order valence-corrected chi connectivity index (χ0v) is 15.6. The molecule has 0 saturated heterocycles. The van der Waals surface area contributed by atoms with Gasteiger partial charge >= 0.3 is 0 Å². The van der Waals surface area contributed by atoms with E-state index in [2.05, 4.69) is 38.2 Å². The first kappa shape index (κ1) is 18.3. The van der Waals surface area contributed by atoms with Crippen molar-refractivity contribution >= 4 is 17.5 Å². The number of halogens is 1. The van der Waals surface area contributed by atoms with E-state index in [1.165, 1.54) is 16.7 Å². The predicted molar refractivity (Wildman–Crippen MR) is 98.8 cm³/mol. The zero-order valence-electron chi connectivity index (χ0n) is 14.8. The van der Waals surface area contributed by atoms with Gasteiger partial charge in [0, 0.05) is 5.02 Å². The van der Waals surface area contributed by atoms with Crippen LogP contribution in [0.3, 0.4) is 0 Å². The normalized spacial score (nSPS) is 13.2. The SMILES string of the molecule is Cc1cc(C)c([C@@H](C)NC(=O)[C@@H](C)Oc2ccc(Cl)cc2)cc1C. The van der Waals surface area contributed by atoms with E-state index in [0.29, 0.717) is 10.8 Å². The molecule has 0 radical (unpaired) electrons. The second kappa shape index (κ2) is 7.71. The summed E-state index contributed by atoms with van der Waals surface area (Å²) >= 11 is 5.85. The van der Waals surface area contributed by atoms with Gasteiger partial charge < -0.3 is 10.1 Å². The van der Waals surface area contributed by atoms with Crippen molar-refractivity contribution in [3.8, 4) is 5.75 Å². The molecule has 2 aromatic rings. The van der Waals surface area contributed by atoms with E-state index in [4.69, 9.17) is 16.3 Å². The smallest absolute Gasteiger partial charge is 0.261 e. The van der Waals surface area contributed by atoms with Crippen molar-refractivity contribution < 1.29 is 9.53 Å². The van der Waals surface area contributed by atoms with Crippen LogP contribution in [-0.4, -0.2) is 12.0 Å². The number of ether oxygens (including phenoxy) is 1. The van der Waals surface area contributed by atoms with Crippen molar-refractivity contribution in [1.82, 2.24) is 5.32 Å². The Kier molecular flexibility index (Phi) is 5.89. The molecular formula is C20H24ClNO2. The van der Waals surface area contributed by atoms with Gasteiger partial charge in [0.25, 0.3) is 5.91 Å². The van der Waals surface area contributed by atoms with Crippen LogP contribution < -0.4 is 10.1 Å². The van der Waals surface area contributed by atoms with E-state index in [1.807, 2.05) is 6.92 Å². The molecule has 0 unspecified atom stereocenters. The third-order valence-corrected chi connectivity index (χ3v) is 4.46. The fraction of sp³-hybridized carbons (Fsp3) is 0.350. The molecule has 0 aliphatic carbocycles. The van der Waals surface area contributed by atoms with Crippen LogP contribution in [-0.2, 0) is 4.79 Å². The average Bonchev–Trinajstić information content (AvgIpc) is 2.52. The Hall–Kier alpha value is -2.00. The lowest BCUT2D eigenvalue weighted by Gasteiger charge is -2.21. The second-order valence-electron chi connectivity index (χ2n) is 6.24. The first-order chi connectivity index (χ1) is 11.3. The van der Waals surface area contributed by atoms with Crippen LogP contribution in [0.15, 0.2) is 36.4 Å². The molecule has 0 aliphatic rings. The molecule has 4 heteroatoms. The van der Waals surface area contributed by atoms with E-state index in [1.54, 1.807) is 31.2 Å². The summed E-state index contributed by atoms with van der Waals surface area (Å²) in [6, 6.07) is 11.2. The summed E-state index contributed by atoms with van der Waals surface area (Å²) < 4.78 is 5.67. The van der Waals surface area contributed by atoms with Gasteiger partial charge in [-0.25, -0.2) is 0 Å². The van der Waals surface area contributed by atoms with Crippen LogP contribution in [0, 0.1) is 20.8 Å². The quantitative estimate of drug-likeness (QED) is 0.836. The highest BCUT2D eigenvalue weighted by Crippen LogP contribution is 2.22. The van der Waals surface area contributed by atoms with Gasteiger partial charge in [-0.15, -0.1) is 0 Å². The minimum atomic E-state index is -0.583. The lowest BCUT2D eigenvalue weighted by atomic mass is 9.96. The Morgan fingerprint density at radius 1 is 1.00 bits per heavy atom. The van der Waals surface area contributed by atoms with E-state index < -0.39 is 6.10 Å². The summed E-state index contributed by atoms with van der Waals surface area (Å²) in [5.74, 6) is 0.479. The first-order valence-electron chi connectivity index (χ1n) is 8.08. The number of hydrogen-bond donors (Lipinski definition) is 1. The molecule has 1 N–H and O–H groups in total. The summed E-state index contributed by atoms with van der Waals surface area (Å²) in [5.41, 5.74) is 4.79. The highest BCUT2D eigenvalue weighted by molar-refractivity contribution is 6.30. The summed E-state index contributed by atoms with van der Waals surface area (Å²) in [6.07, 6.45) is -0.583. The molecule has 2 aromatic carbocycles. The van der Waals surface area contributed by atoms with Gasteiger partial charge in [-0.2, -0.15) is 0 Å². The van der Waals surface area contributed by atoms with Crippen molar-refractivity contribution in [3.05, 3.63) is 63.7 Å². The molecule has 2 rings (SSSR count). The minimum absolute atomic E-state index is 0.0759. The van der Waals surface area contributed by atoms with Crippen LogP contribution in [0.1, 0.15) is 42.1 Å². The van der Waals surface area contributed by atoms with Crippen LogP contribution in [0.4, 0.5) is 0 Å². The van der Waals surface area contributed by atoms with Crippen LogP contribution in [0.2, 0.25) is 5.02 Å². The van der Waals surface area contributed by atoms with Gasteiger partial charge in [0.2, 0.25) is 0 Å². The van der Waals surface area contributed by atoms with E-state index >= 15 is 0 Å². The van der Waals surface area contributed by atoms with Gasteiger partial charge in [-0.3, -0.25) is 4.79 Å². The van der Waals surface area contributed by atoms with Crippen molar-refractivity contribution in [1.29, 1.82) is 0 Å². The Balaban J connectivity index is 2.03. The molecule has 0 aromatic heterocycles.